The van der Waals surface area contributed by atoms with Gasteiger partial charge in [-0.05, 0) is 92.1 Å². The Morgan fingerprint density at radius 1 is 1.16 bits per heavy atom. The lowest BCUT2D eigenvalue weighted by molar-refractivity contribution is 0.0153. The van der Waals surface area contributed by atoms with Crippen molar-refractivity contribution in [3.8, 4) is 11.1 Å². The minimum Gasteiger partial charge on any atom is -0.444 e. The molecule has 0 radical (unpaired) electrons. The molecule has 1 saturated heterocycles. The number of carbonyl (C=O) groups is 1. The van der Waals surface area contributed by atoms with Crippen molar-refractivity contribution >= 4 is 39.6 Å². The highest BCUT2D eigenvalue weighted by molar-refractivity contribution is 14.1. The maximum absolute atomic E-state index is 12.3. The van der Waals surface area contributed by atoms with Gasteiger partial charge in [-0.25, -0.2) is 4.79 Å². The van der Waals surface area contributed by atoms with Gasteiger partial charge in [-0.15, -0.1) is 0 Å². The number of hydrogen-bond acceptors (Lipinski definition) is 4. The Kier molecular flexibility index (Phi) is 6.76. The summed E-state index contributed by atoms with van der Waals surface area (Å²) < 4.78 is 6.57. The number of rotatable bonds is 4. The summed E-state index contributed by atoms with van der Waals surface area (Å²) >= 11 is 2.29. The molecule has 3 aromatic rings. The molecule has 32 heavy (non-hydrogen) atoms. The molecular weight excluding hydrogens is 515 g/mol. The second-order valence-electron chi connectivity index (χ2n) is 9.58. The van der Waals surface area contributed by atoms with E-state index < -0.39 is 5.60 Å². The van der Waals surface area contributed by atoms with Crippen molar-refractivity contribution in [2.24, 2.45) is 0 Å². The summed E-state index contributed by atoms with van der Waals surface area (Å²) in [6, 6.07) is 15.7. The smallest absolute Gasteiger partial charge is 0.410 e. The van der Waals surface area contributed by atoms with Crippen LogP contribution in [-0.4, -0.2) is 57.9 Å². The van der Waals surface area contributed by atoms with E-state index in [1.54, 1.807) is 0 Å². The second kappa shape index (κ2) is 9.39. The average molecular weight is 546 g/mol. The van der Waals surface area contributed by atoms with Crippen LogP contribution in [0, 0.1) is 3.70 Å². The third-order valence-electron chi connectivity index (χ3n) is 5.97. The molecule has 1 aliphatic heterocycles. The van der Waals surface area contributed by atoms with Gasteiger partial charge in [-0.2, -0.15) is 5.10 Å². The lowest BCUT2D eigenvalue weighted by Gasteiger charge is -2.37. The van der Waals surface area contributed by atoms with Crippen molar-refractivity contribution in [3.63, 3.8) is 0 Å². The number of halogens is 1. The second-order valence-corrected chi connectivity index (χ2v) is 10.7. The zero-order valence-electron chi connectivity index (χ0n) is 19.2. The molecule has 1 aromatic heterocycles. The molecule has 0 spiro atoms. The van der Waals surface area contributed by atoms with Crippen LogP contribution in [0.2, 0.25) is 0 Å². The monoisotopic (exact) mass is 546 g/mol. The fourth-order valence-corrected chi connectivity index (χ4v) is 4.75. The number of piperidine rings is 1. The Labute approximate surface area is 203 Å². The first-order valence-corrected chi connectivity index (χ1v) is 12.2. The van der Waals surface area contributed by atoms with Gasteiger partial charge in [-0.1, -0.05) is 30.3 Å². The van der Waals surface area contributed by atoms with Gasteiger partial charge >= 0.3 is 6.09 Å². The third kappa shape index (κ3) is 5.43. The molecule has 2 heterocycles. The fraction of sp³-hybridized carbons (Fsp3) is 0.440. The van der Waals surface area contributed by atoms with Crippen molar-refractivity contribution in [2.45, 2.75) is 51.8 Å². The zero-order chi connectivity index (χ0) is 22.9. The number of hydrogen-bond donors (Lipinski definition) is 1. The van der Waals surface area contributed by atoms with E-state index >= 15 is 0 Å². The highest BCUT2D eigenvalue weighted by Crippen LogP contribution is 2.27. The normalized spacial score (nSPS) is 15.5. The Bertz CT molecular complexity index is 1080. The van der Waals surface area contributed by atoms with Gasteiger partial charge in [0.05, 0.1) is 5.52 Å². The first kappa shape index (κ1) is 23.0. The molecule has 1 N–H and O–H groups in total. The summed E-state index contributed by atoms with van der Waals surface area (Å²) in [5.41, 5.74) is 4.26. The van der Waals surface area contributed by atoms with E-state index in [9.17, 15) is 4.79 Å². The standard InChI is InChI=1S/C25H31IN4O2/c1-25(2,3)32-24(31)30-13-11-20(12-14-30)29(4)16-17-5-7-18(8-6-17)19-9-10-22-21(15-19)23(26)28-27-22/h5-10,15,20H,11-14,16H2,1-4H3,(H,27,28). The molecule has 1 fully saturated rings. The molecule has 0 aliphatic carbocycles. The number of likely N-dealkylation sites (tertiary alicyclic amines) is 1. The summed E-state index contributed by atoms with van der Waals surface area (Å²) in [7, 11) is 2.18. The van der Waals surface area contributed by atoms with Crippen molar-refractivity contribution in [1.82, 2.24) is 20.0 Å². The molecule has 4 rings (SSSR count). The predicted molar refractivity (Wildman–Crippen MR) is 137 cm³/mol. The van der Waals surface area contributed by atoms with Crippen LogP contribution in [0.15, 0.2) is 42.5 Å². The van der Waals surface area contributed by atoms with Gasteiger partial charge in [0, 0.05) is 31.1 Å². The molecule has 0 saturated carbocycles. The molecule has 0 atom stereocenters. The number of ether oxygens (including phenoxy) is 1. The zero-order valence-corrected chi connectivity index (χ0v) is 21.3. The van der Waals surface area contributed by atoms with Gasteiger partial charge in [0.15, 0.2) is 0 Å². The lowest BCUT2D eigenvalue weighted by Crippen LogP contribution is -2.46. The summed E-state index contributed by atoms with van der Waals surface area (Å²) in [6.45, 7) is 8.12. The number of benzene rings is 2. The SMILES string of the molecule is CN(Cc1ccc(-c2ccc3n[nH]c(I)c3c2)cc1)C1CCN(C(=O)OC(C)(C)C)CC1. The number of amides is 1. The van der Waals surface area contributed by atoms with E-state index in [-0.39, 0.29) is 6.09 Å². The van der Waals surface area contributed by atoms with Crippen LogP contribution in [-0.2, 0) is 11.3 Å². The van der Waals surface area contributed by atoms with Crippen LogP contribution >= 0.6 is 22.6 Å². The van der Waals surface area contributed by atoms with Gasteiger partial charge in [-0.3, -0.25) is 10.00 Å². The van der Waals surface area contributed by atoms with Crippen LogP contribution in [0.5, 0.6) is 0 Å². The Balaban J connectivity index is 1.33. The molecule has 2 aromatic carbocycles. The third-order valence-corrected chi connectivity index (χ3v) is 6.79. The first-order valence-electron chi connectivity index (χ1n) is 11.1. The topological polar surface area (TPSA) is 61.5 Å². The summed E-state index contributed by atoms with van der Waals surface area (Å²) in [6.07, 6.45) is 1.74. The number of aromatic amines is 1. The molecule has 6 nitrogen and oxygen atoms in total. The number of fused-ring (bicyclic) bond motifs is 1. The molecule has 0 bridgehead atoms. The number of nitrogens with one attached hydrogen (secondary N) is 1. The van der Waals surface area contributed by atoms with Crippen molar-refractivity contribution in [3.05, 3.63) is 51.7 Å². The van der Waals surface area contributed by atoms with Crippen LogP contribution in [0.4, 0.5) is 4.79 Å². The maximum Gasteiger partial charge on any atom is 0.410 e. The van der Waals surface area contributed by atoms with E-state index in [0.29, 0.717) is 6.04 Å². The minimum atomic E-state index is -0.445. The number of H-pyrrole nitrogens is 1. The van der Waals surface area contributed by atoms with Gasteiger partial charge < -0.3 is 9.64 Å². The maximum atomic E-state index is 12.3. The quantitative estimate of drug-likeness (QED) is 0.429. The molecule has 7 heteroatoms. The van der Waals surface area contributed by atoms with Crippen LogP contribution in [0.1, 0.15) is 39.2 Å². The number of aromatic nitrogens is 2. The molecule has 1 amide bonds. The summed E-state index contributed by atoms with van der Waals surface area (Å²) in [5, 5.41) is 8.50. The Morgan fingerprint density at radius 2 is 1.81 bits per heavy atom. The summed E-state index contributed by atoms with van der Waals surface area (Å²) in [4.78, 5) is 16.5. The molecule has 170 valence electrons. The molecule has 0 unspecified atom stereocenters. The molecule has 1 aliphatic rings. The van der Waals surface area contributed by atoms with Crippen molar-refractivity contribution < 1.29 is 9.53 Å². The lowest BCUT2D eigenvalue weighted by atomic mass is 10.0. The largest absolute Gasteiger partial charge is 0.444 e. The van der Waals surface area contributed by atoms with E-state index in [2.05, 4.69) is 87.2 Å². The minimum absolute atomic E-state index is 0.197. The van der Waals surface area contributed by atoms with E-state index in [1.165, 1.54) is 16.7 Å². The van der Waals surface area contributed by atoms with Gasteiger partial charge in [0.25, 0.3) is 0 Å². The average Bonchev–Trinajstić information content (AvgIpc) is 3.13. The fourth-order valence-electron chi connectivity index (χ4n) is 4.19. The highest BCUT2D eigenvalue weighted by Gasteiger charge is 2.28. The van der Waals surface area contributed by atoms with E-state index in [0.717, 1.165) is 47.1 Å². The summed E-state index contributed by atoms with van der Waals surface area (Å²) in [5.74, 6) is 0. The number of carbonyl (C=O) groups excluding carboxylic acids is 1. The highest BCUT2D eigenvalue weighted by atomic mass is 127. The van der Waals surface area contributed by atoms with Crippen molar-refractivity contribution in [2.75, 3.05) is 20.1 Å². The van der Waals surface area contributed by atoms with E-state index in [4.69, 9.17) is 4.74 Å². The van der Waals surface area contributed by atoms with Crippen LogP contribution < -0.4 is 0 Å². The van der Waals surface area contributed by atoms with Crippen molar-refractivity contribution in [1.29, 1.82) is 0 Å². The van der Waals surface area contributed by atoms with Gasteiger partial charge in [0.1, 0.15) is 9.30 Å². The number of nitrogens with zero attached hydrogens (tertiary/aromatic N) is 3. The Morgan fingerprint density at radius 3 is 2.47 bits per heavy atom. The van der Waals surface area contributed by atoms with Gasteiger partial charge in [0.2, 0.25) is 0 Å². The van der Waals surface area contributed by atoms with Crippen LogP contribution in [0.25, 0.3) is 22.0 Å². The van der Waals surface area contributed by atoms with Crippen LogP contribution in [0.3, 0.4) is 0 Å². The van der Waals surface area contributed by atoms with E-state index in [1.807, 2.05) is 25.7 Å². The predicted octanol–water partition coefficient (Wildman–Crippen LogP) is 5.67. The Hall–Kier alpha value is -2.13. The first-order chi connectivity index (χ1) is 15.2. The molecular formula is C25H31IN4O2.